The molecule has 1 heterocycles. The second-order valence-corrected chi connectivity index (χ2v) is 6.56. The average molecular weight is 262 g/mol. The van der Waals surface area contributed by atoms with Crippen molar-refractivity contribution >= 4 is 12.6 Å². The predicted molar refractivity (Wildman–Crippen MR) is 77.9 cm³/mol. The monoisotopic (exact) mass is 262 g/mol. The molecular formula is C15H23BO3. The molecule has 0 saturated carbocycles. The summed E-state index contributed by atoms with van der Waals surface area (Å²) in [4.78, 5) is 0. The Labute approximate surface area is 116 Å². The van der Waals surface area contributed by atoms with Gasteiger partial charge in [0.25, 0.3) is 0 Å². The fourth-order valence-corrected chi connectivity index (χ4v) is 2.25. The van der Waals surface area contributed by atoms with E-state index in [0.29, 0.717) is 5.92 Å². The largest absolute Gasteiger partial charge is 0.508 e. The van der Waals surface area contributed by atoms with Crippen molar-refractivity contribution in [2.45, 2.75) is 58.7 Å². The molecule has 4 heteroatoms. The summed E-state index contributed by atoms with van der Waals surface area (Å²) in [7, 11) is -0.372. The SMILES string of the molecule is CC(C)c1cc(O)ccc1B1OC(C)(C)C(C)(C)O1. The summed E-state index contributed by atoms with van der Waals surface area (Å²) in [6.07, 6.45) is 0. The van der Waals surface area contributed by atoms with Crippen LogP contribution in [0, 0.1) is 0 Å². The molecule has 1 saturated heterocycles. The molecule has 1 aliphatic rings. The Hall–Kier alpha value is -0.995. The fraction of sp³-hybridized carbons (Fsp3) is 0.600. The smallest absolute Gasteiger partial charge is 0.495 e. The molecule has 1 aromatic carbocycles. The van der Waals surface area contributed by atoms with Crippen LogP contribution in [-0.4, -0.2) is 23.4 Å². The molecule has 1 aliphatic heterocycles. The van der Waals surface area contributed by atoms with E-state index in [9.17, 15) is 5.11 Å². The molecule has 19 heavy (non-hydrogen) atoms. The second-order valence-electron chi connectivity index (χ2n) is 6.56. The fourth-order valence-electron chi connectivity index (χ4n) is 2.25. The Kier molecular flexibility index (Phi) is 3.44. The molecule has 1 aromatic rings. The molecular weight excluding hydrogens is 239 g/mol. The van der Waals surface area contributed by atoms with Crippen LogP contribution in [-0.2, 0) is 9.31 Å². The van der Waals surface area contributed by atoms with Crippen LogP contribution in [0.4, 0.5) is 0 Å². The topological polar surface area (TPSA) is 38.7 Å². The van der Waals surface area contributed by atoms with E-state index in [1.54, 1.807) is 12.1 Å². The molecule has 0 aliphatic carbocycles. The molecule has 104 valence electrons. The van der Waals surface area contributed by atoms with Crippen molar-refractivity contribution in [2.75, 3.05) is 0 Å². The van der Waals surface area contributed by atoms with Crippen molar-refractivity contribution < 1.29 is 14.4 Å². The van der Waals surface area contributed by atoms with Gasteiger partial charge in [0.15, 0.2) is 0 Å². The summed E-state index contributed by atoms with van der Waals surface area (Å²) >= 11 is 0. The minimum Gasteiger partial charge on any atom is -0.508 e. The lowest BCUT2D eigenvalue weighted by molar-refractivity contribution is 0.00578. The van der Waals surface area contributed by atoms with Crippen molar-refractivity contribution in [3.8, 4) is 5.75 Å². The Balaban J connectivity index is 2.39. The third kappa shape index (κ3) is 2.52. The third-order valence-corrected chi connectivity index (χ3v) is 4.20. The van der Waals surface area contributed by atoms with Crippen LogP contribution in [0.2, 0.25) is 0 Å². The highest BCUT2D eigenvalue weighted by Gasteiger charge is 2.52. The summed E-state index contributed by atoms with van der Waals surface area (Å²) in [6.45, 7) is 12.4. The molecule has 0 atom stereocenters. The molecule has 0 amide bonds. The maximum Gasteiger partial charge on any atom is 0.495 e. The first-order valence-corrected chi connectivity index (χ1v) is 6.82. The lowest BCUT2D eigenvalue weighted by Crippen LogP contribution is -2.41. The first kappa shape index (κ1) is 14.4. The van der Waals surface area contributed by atoms with Gasteiger partial charge in [-0.3, -0.25) is 0 Å². The minimum atomic E-state index is -0.372. The summed E-state index contributed by atoms with van der Waals surface area (Å²) in [5, 5.41) is 9.65. The molecule has 0 unspecified atom stereocenters. The van der Waals surface area contributed by atoms with Gasteiger partial charge in [-0.15, -0.1) is 0 Å². The van der Waals surface area contributed by atoms with Crippen LogP contribution >= 0.6 is 0 Å². The summed E-state index contributed by atoms with van der Waals surface area (Å²) in [5.74, 6) is 0.588. The molecule has 0 bridgehead atoms. The van der Waals surface area contributed by atoms with E-state index in [1.165, 1.54) is 0 Å². The molecule has 0 aromatic heterocycles. The Morgan fingerprint density at radius 1 is 1.05 bits per heavy atom. The summed E-state index contributed by atoms with van der Waals surface area (Å²) < 4.78 is 12.2. The van der Waals surface area contributed by atoms with Gasteiger partial charge in [0.05, 0.1) is 11.2 Å². The molecule has 0 radical (unpaired) electrons. The zero-order valence-electron chi connectivity index (χ0n) is 12.7. The highest BCUT2D eigenvalue weighted by Crippen LogP contribution is 2.37. The molecule has 3 nitrogen and oxygen atoms in total. The van der Waals surface area contributed by atoms with Gasteiger partial charge in [0.1, 0.15) is 5.75 Å². The van der Waals surface area contributed by atoms with Crippen LogP contribution in [0.15, 0.2) is 18.2 Å². The Morgan fingerprint density at radius 2 is 1.58 bits per heavy atom. The normalized spacial score (nSPS) is 21.1. The first-order valence-electron chi connectivity index (χ1n) is 6.82. The van der Waals surface area contributed by atoms with Gasteiger partial charge in [-0.1, -0.05) is 19.9 Å². The zero-order valence-corrected chi connectivity index (χ0v) is 12.7. The maximum atomic E-state index is 9.65. The van der Waals surface area contributed by atoms with E-state index >= 15 is 0 Å². The lowest BCUT2D eigenvalue weighted by atomic mass is 9.73. The van der Waals surface area contributed by atoms with E-state index in [-0.39, 0.29) is 24.1 Å². The number of rotatable bonds is 2. The van der Waals surface area contributed by atoms with E-state index in [0.717, 1.165) is 11.0 Å². The van der Waals surface area contributed by atoms with Crippen LogP contribution < -0.4 is 5.46 Å². The number of hydrogen-bond donors (Lipinski definition) is 1. The van der Waals surface area contributed by atoms with Crippen molar-refractivity contribution in [3.63, 3.8) is 0 Å². The van der Waals surface area contributed by atoms with Gasteiger partial charge in [-0.25, -0.2) is 0 Å². The number of benzene rings is 1. The van der Waals surface area contributed by atoms with Crippen LogP contribution in [0.25, 0.3) is 0 Å². The number of aromatic hydroxyl groups is 1. The van der Waals surface area contributed by atoms with E-state index < -0.39 is 0 Å². The molecule has 1 fully saturated rings. The Bertz CT molecular complexity index is 464. The van der Waals surface area contributed by atoms with Crippen LogP contribution in [0.1, 0.15) is 53.0 Å². The molecule has 1 N–H and O–H groups in total. The standard InChI is InChI=1S/C15H23BO3/c1-10(2)12-9-11(17)7-8-13(12)16-18-14(3,4)15(5,6)19-16/h7-10,17H,1-6H3. The zero-order chi connectivity index (χ0) is 14.4. The third-order valence-electron chi connectivity index (χ3n) is 4.20. The highest BCUT2D eigenvalue weighted by atomic mass is 16.7. The predicted octanol–water partition coefficient (Wildman–Crippen LogP) is 2.81. The highest BCUT2D eigenvalue weighted by molar-refractivity contribution is 6.62. The summed E-state index contributed by atoms with van der Waals surface area (Å²) in [5.41, 5.74) is 1.39. The number of hydrogen-bond acceptors (Lipinski definition) is 3. The minimum absolute atomic E-state index is 0.281. The van der Waals surface area contributed by atoms with Crippen molar-refractivity contribution in [1.82, 2.24) is 0 Å². The van der Waals surface area contributed by atoms with Gasteiger partial charge >= 0.3 is 7.12 Å². The van der Waals surface area contributed by atoms with Crippen molar-refractivity contribution in [3.05, 3.63) is 23.8 Å². The van der Waals surface area contributed by atoms with Gasteiger partial charge in [-0.2, -0.15) is 0 Å². The van der Waals surface area contributed by atoms with Crippen LogP contribution in [0.5, 0.6) is 5.75 Å². The molecule has 0 spiro atoms. The first-order chi connectivity index (χ1) is 8.64. The van der Waals surface area contributed by atoms with E-state index in [1.807, 2.05) is 33.8 Å². The van der Waals surface area contributed by atoms with Crippen LogP contribution in [0.3, 0.4) is 0 Å². The van der Waals surface area contributed by atoms with Crippen molar-refractivity contribution in [2.24, 2.45) is 0 Å². The van der Waals surface area contributed by atoms with Gasteiger partial charge in [-0.05, 0) is 56.8 Å². The van der Waals surface area contributed by atoms with Gasteiger partial charge in [0, 0.05) is 0 Å². The lowest BCUT2D eigenvalue weighted by Gasteiger charge is -2.32. The number of phenols is 1. The summed E-state index contributed by atoms with van der Waals surface area (Å²) in [6, 6.07) is 5.38. The second kappa shape index (κ2) is 4.53. The van der Waals surface area contributed by atoms with Gasteiger partial charge in [0.2, 0.25) is 0 Å². The van der Waals surface area contributed by atoms with Gasteiger partial charge < -0.3 is 14.4 Å². The molecule has 2 rings (SSSR count). The quantitative estimate of drug-likeness (QED) is 0.833. The number of phenolic OH excluding ortho intramolecular Hbond substituents is 1. The maximum absolute atomic E-state index is 9.65. The average Bonchev–Trinajstić information content (AvgIpc) is 2.47. The van der Waals surface area contributed by atoms with E-state index in [4.69, 9.17) is 9.31 Å². The van der Waals surface area contributed by atoms with E-state index in [2.05, 4.69) is 13.8 Å². The Morgan fingerprint density at radius 3 is 2.05 bits per heavy atom. The van der Waals surface area contributed by atoms with Crippen molar-refractivity contribution in [1.29, 1.82) is 0 Å².